The first-order chi connectivity index (χ1) is 14.1. The molecule has 3 heterocycles. The summed E-state index contributed by atoms with van der Waals surface area (Å²) < 4.78 is 10.6. The Hall–Kier alpha value is -3.20. The van der Waals surface area contributed by atoms with Crippen LogP contribution in [-0.4, -0.2) is 64.0 Å². The van der Waals surface area contributed by atoms with Crippen molar-refractivity contribution in [2.45, 2.75) is 25.3 Å². The van der Waals surface area contributed by atoms with Crippen molar-refractivity contribution >= 4 is 12.0 Å². The number of hydrogen-bond donors (Lipinski definition) is 1. The lowest BCUT2D eigenvalue weighted by Gasteiger charge is -2.21. The van der Waals surface area contributed by atoms with E-state index in [-0.39, 0.29) is 23.2 Å². The Morgan fingerprint density at radius 1 is 1.10 bits per heavy atom. The number of rotatable bonds is 5. The highest BCUT2D eigenvalue weighted by Gasteiger charge is 2.31. The standard InChI is InChI=1S/C20H23N5O4/c21-20(27)29-18-17(28-15-3-1-8-22-13-15)7-6-16(23-18)19(26)25-10-2-9-24(11-12-25)14-4-5-14/h1,3,6-8,13-14H,2,4-5,9-12H2,(H2,21,27). The maximum Gasteiger partial charge on any atom is 0.411 e. The lowest BCUT2D eigenvalue weighted by Crippen LogP contribution is -2.36. The molecule has 4 rings (SSSR count). The number of nitrogens with zero attached hydrogens (tertiary/aromatic N) is 4. The molecule has 1 saturated heterocycles. The van der Waals surface area contributed by atoms with Gasteiger partial charge in [0, 0.05) is 38.4 Å². The Balaban J connectivity index is 1.51. The summed E-state index contributed by atoms with van der Waals surface area (Å²) in [6.45, 7) is 3.19. The molecular weight excluding hydrogens is 374 g/mol. The number of ether oxygens (including phenoxy) is 2. The van der Waals surface area contributed by atoms with E-state index in [4.69, 9.17) is 15.2 Å². The molecule has 2 amide bonds. The third kappa shape index (κ3) is 4.80. The number of aromatic nitrogens is 2. The normalized spacial score (nSPS) is 17.4. The van der Waals surface area contributed by atoms with E-state index in [1.165, 1.54) is 19.0 Å². The Morgan fingerprint density at radius 2 is 1.97 bits per heavy atom. The zero-order valence-corrected chi connectivity index (χ0v) is 16.0. The SMILES string of the molecule is NC(=O)Oc1nc(C(=O)N2CCCN(C3CC3)CC2)ccc1Oc1cccnc1. The summed E-state index contributed by atoms with van der Waals surface area (Å²) in [7, 11) is 0. The molecular formula is C20H23N5O4. The van der Waals surface area contributed by atoms with Crippen molar-refractivity contribution in [3.8, 4) is 17.4 Å². The lowest BCUT2D eigenvalue weighted by molar-refractivity contribution is 0.0753. The minimum absolute atomic E-state index is 0.151. The molecule has 2 aromatic rings. The monoisotopic (exact) mass is 397 g/mol. The summed E-state index contributed by atoms with van der Waals surface area (Å²) >= 11 is 0. The predicted octanol–water partition coefficient (Wildman–Crippen LogP) is 2.04. The van der Waals surface area contributed by atoms with E-state index < -0.39 is 6.09 Å². The second-order valence-corrected chi connectivity index (χ2v) is 7.12. The molecule has 9 heteroatoms. The first-order valence-corrected chi connectivity index (χ1v) is 9.69. The molecule has 1 saturated carbocycles. The van der Waals surface area contributed by atoms with Crippen molar-refractivity contribution in [3.05, 3.63) is 42.4 Å². The summed E-state index contributed by atoms with van der Waals surface area (Å²) in [6.07, 6.45) is 5.52. The van der Waals surface area contributed by atoms with Crippen LogP contribution in [0.2, 0.25) is 0 Å². The highest BCUT2D eigenvalue weighted by atomic mass is 16.6. The molecule has 0 atom stereocenters. The fourth-order valence-electron chi connectivity index (χ4n) is 3.43. The zero-order chi connectivity index (χ0) is 20.2. The van der Waals surface area contributed by atoms with Gasteiger partial charge in [0.1, 0.15) is 11.4 Å². The molecule has 1 aliphatic heterocycles. The van der Waals surface area contributed by atoms with Crippen molar-refractivity contribution in [1.82, 2.24) is 19.8 Å². The number of amides is 2. The van der Waals surface area contributed by atoms with Crippen LogP contribution in [0.15, 0.2) is 36.7 Å². The molecule has 29 heavy (non-hydrogen) atoms. The van der Waals surface area contributed by atoms with Crippen molar-refractivity contribution in [2.24, 2.45) is 5.73 Å². The van der Waals surface area contributed by atoms with Crippen molar-refractivity contribution < 1.29 is 19.1 Å². The van der Waals surface area contributed by atoms with E-state index >= 15 is 0 Å². The minimum atomic E-state index is -1.03. The number of pyridine rings is 2. The summed E-state index contributed by atoms with van der Waals surface area (Å²) in [5, 5.41) is 0. The Morgan fingerprint density at radius 3 is 2.69 bits per heavy atom. The Kier molecular flexibility index (Phi) is 5.57. The zero-order valence-electron chi connectivity index (χ0n) is 16.0. The van der Waals surface area contributed by atoms with Crippen LogP contribution in [0.3, 0.4) is 0 Å². The van der Waals surface area contributed by atoms with Gasteiger partial charge in [0.25, 0.3) is 11.8 Å². The predicted molar refractivity (Wildman–Crippen MR) is 104 cm³/mol. The van der Waals surface area contributed by atoms with Gasteiger partial charge in [-0.3, -0.25) is 14.7 Å². The van der Waals surface area contributed by atoms with Crippen molar-refractivity contribution in [3.63, 3.8) is 0 Å². The van der Waals surface area contributed by atoms with Crippen LogP contribution in [0, 0.1) is 0 Å². The molecule has 152 valence electrons. The smallest absolute Gasteiger partial charge is 0.411 e. The van der Waals surface area contributed by atoms with Gasteiger partial charge in [0.05, 0.1) is 6.20 Å². The fraction of sp³-hybridized carbons (Fsp3) is 0.400. The fourth-order valence-corrected chi connectivity index (χ4v) is 3.43. The van der Waals surface area contributed by atoms with E-state index in [2.05, 4.69) is 14.9 Å². The highest BCUT2D eigenvalue weighted by molar-refractivity contribution is 5.92. The number of carbonyl (C=O) groups excluding carboxylic acids is 2. The third-order valence-corrected chi connectivity index (χ3v) is 4.98. The van der Waals surface area contributed by atoms with Crippen LogP contribution in [-0.2, 0) is 0 Å². The van der Waals surface area contributed by atoms with E-state index in [1.54, 1.807) is 35.4 Å². The van der Waals surface area contributed by atoms with Gasteiger partial charge in [-0.25, -0.2) is 9.78 Å². The molecule has 0 aromatic carbocycles. The molecule has 0 unspecified atom stereocenters. The highest BCUT2D eigenvalue weighted by Crippen LogP contribution is 2.31. The van der Waals surface area contributed by atoms with Crippen molar-refractivity contribution in [1.29, 1.82) is 0 Å². The van der Waals surface area contributed by atoms with Crippen molar-refractivity contribution in [2.75, 3.05) is 26.2 Å². The van der Waals surface area contributed by atoms with Gasteiger partial charge in [0.15, 0.2) is 5.75 Å². The molecule has 2 aliphatic rings. The van der Waals surface area contributed by atoms with Crippen LogP contribution < -0.4 is 15.2 Å². The van der Waals surface area contributed by atoms with Crippen LogP contribution in [0.25, 0.3) is 0 Å². The van der Waals surface area contributed by atoms with Gasteiger partial charge < -0.3 is 20.1 Å². The van der Waals surface area contributed by atoms with Crippen LogP contribution >= 0.6 is 0 Å². The van der Waals surface area contributed by atoms with Crippen LogP contribution in [0.4, 0.5) is 4.79 Å². The minimum Gasteiger partial charge on any atom is -0.450 e. The van der Waals surface area contributed by atoms with E-state index in [1.807, 2.05) is 0 Å². The quantitative estimate of drug-likeness (QED) is 0.822. The molecule has 2 N–H and O–H groups in total. The van der Waals surface area contributed by atoms with Gasteiger partial charge >= 0.3 is 6.09 Å². The van der Waals surface area contributed by atoms with Gasteiger partial charge in [-0.05, 0) is 43.5 Å². The lowest BCUT2D eigenvalue weighted by atomic mass is 10.3. The summed E-state index contributed by atoms with van der Waals surface area (Å²) in [5.74, 6) is 0.256. The molecule has 1 aliphatic carbocycles. The first kappa shape index (κ1) is 19.1. The van der Waals surface area contributed by atoms with E-state index in [0.717, 1.165) is 19.5 Å². The Bertz CT molecular complexity index is 888. The van der Waals surface area contributed by atoms with E-state index in [9.17, 15) is 9.59 Å². The average molecular weight is 397 g/mol. The number of hydrogen-bond acceptors (Lipinski definition) is 7. The van der Waals surface area contributed by atoms with Gasteiger partial charge in [-0.1, -0.05) is 0 Å². The van der Waals surface area contributed by atoms with Gasteiger partial charge in [0.2, 0.25) is 0 Å². The number of nitrogens with two attached hydrogens (primary N) is 1. The number of primary amides is 1. The maximum atomic E-state index is 13.0. The molecule has 9 nitrogen and oxygen atoms in total. The summed E-state index contributed by atoms with van der Waals surface area (Å²) in [5.41, 5.74) is 5.34. The molecule has 2 fully saturated rings. The van der Waals surface area contributed by atoms with E-state index in [0.29, 0.717) is 24.9 Å². The van der Waals surface area contributed by atoms with Crippen LogP contribution in [0.1, 0.15) is 29.8 Å². The molecule has 0 bridgehead atoms. The van der Waals surface area contributed by atoms with Crippen LogP contribution in [0.5, 0.6) is 17.4 Å². The first-order valence-electron chi connectivity index (χ1n) is 9.69. The number of carbonyl (C=O) groups is 2. The largest absolute Gasteiger partial charge is 0.450 e. The third-order valence-electron chi connectivity index (χ3n) is 4.98. The Labute approximate surface area is 168 Å². The summed E-state index contributed by atoms with van der Waals surface area (Å²) in [4.78, 5) is 36.7. The molecule has 0 spiro atoms. The molecule has 2 aromatic heterocycles. The average Bonchev–Trinajstić information content (AvgIpc) is 3.56. The maximum absolute atomic E-state index is 13.0. The van der Waals surface area contributed by atoms with Gasteiger partial charge in [-0.15, -0.1) is 0 Å². The van der Waals surface area contributed by atoms with Gasteiger partial charge in [-0.2, -0.15) is 0 Å². The summed E-state index contributed by atoms with van der Waals surface area (Å²) in [6, 6.07) is 7.19. The second-order valence-electron chi connectivity index (χ2n) is 7.12. The molecule has 0 radical (unpaired) electrons. The topological polar surface area (TPSA) is 111 Å². The second kappa shape index (κ2) is 8.44.